The maximum absolute atomic E-state index is 14.8. The fourth-order valence-electron chi connectivity index (χ4n) is 3.93. The van der Waals surface area contributed by atoms with Crippen molar-refractivity contribution in [3.63, 3.8) is 0 Å². The Morgan fingerprint density at radius 1 is 1.25 bits per heavy atom. The van der Waals surface area contributed by atoms with Crippen molar-refractivity contribution in [2.24, 2.45) is 0 Å². The summed E-state index contributed by atoms with van der Waals surface area (Å²) in [5.41, 5.74) is 3.11. The number of imidazole rings is 1. The van der Waals surface area contributed by atoms with Gasteiger partial charge in [0, 0.05) is 29.6 Å². The molecule has 0 saturated carbocycles. The van der Waals surface area contributed by atoms with Gasteiger partial charge in [0.1, 0.15) is 23.4 Å². The fraction of sp³-hybridized carbons (Fsp3) is 0.261. The summed E-state index contributed by atoms with van der Waals surface area (Å²) >= 11 is 0. The summed E-state index contributed by atoms with van der Waals surface area (Å²) in [6.07, 6.45) is 6.49. The van der Waals surface area contributed by atoms with Crippen molar-refractivity contribution in [3.05, 3.63) is 84.3 Å². The first kappa shape index (κ1) is 20.3. The number of hydrogen-bond acceptors (Lipinski definition) is 6. The largest absolute Gasteiger partial charge is 0.508 e. The zero-order chi connectivity index (χ0) is 22.1. The average Bonchev–Trinajstić information content (AvgIpc) is 3.51. The lowest BCUT2D eigenvalue weighted by atomic mass is 10.0. The van der Waals surface area contributed by atoms with Gasteiger partial charge in [0.05, 0.1) is 32.2 Å². The monoisotopic (exact) mass is 435 g/mol. The van der Waals surface area contributed by atoms with Crippen molar-refractivity contribution in [1.82, 2.24) is 24.5 Å². The number of halogens is 1. The molecule has 0 unspecified atom stereocenters. The van der Waals surface area contributed by atoms with Crippen LogP contribution in [0, 0.1) is 12.7 Å². The maximum Gasteiger partial charge on any atom is 0.216 e. The van der Waals surface area contributed by atoms with E-state index in [9.17, 15) is 9.50 Å². The van der Waals surface area contributed by atoms with Crippen LogP contribution in [0.5, 0.6) is 5.75 Å². The predicted octanol–water partition coefficient (Wildman–Crippen LogP) is 3.26. The molecule has 1 saturated heterocycles. The van der Waals surface area contributed by atoms with E-state index in [1.54, 1.807) is 28.0 Å². The molecule has 0 aliphatic carbocycles. The molecule has 4 aromatic rings. The molecule has 32 heavy (non-hydrogen) atoms. The summed E-state index contributed by atoms with van der Waals surface area (Å²) in [6, 6.07) is 12.0. The van der Waals surface area contributed by atoms with Crippen LogP contribution in [-0.4, -0.2) is 42.4 Å². The lowest BCUT2D eigenvalue weighted by Crippen LogP contribution is -2.35. The highest BCUT2D eigenvalue weighted by atomic mass is 19.1. The Hall–Kier alpha value is -3.56. The van der Waals surface area contributed by atoms with Crippen LogP contribution >= 0.6 is 0 Å². The van der Waals surface area contributed by atoms with Crippen molar-refractivity contribution in [2.45, 2.75) is 31.9 Å². The van der Waals surface area contributed by atoms with Crippen LogP contribution < -0.4 is 0 Å². The van der Waals surface area contributed by atoms with Gasteiger partial charge in [0.15, 0.2) is 0 Å². The molecule has 0 radical (unpaired) electrons. The van der Waals surface area contributed by atoms with Gasteiger partial charge in [-0.05, 0) is 25.1 Å². The zero-order valence-corrected chi connectivity index (χ0v) is 17.4. The molecule has 164 valence electrons. The molecule has 1 aliphatic rings. The highest BCUT2D eigenvalue weighted by Gasteiger charge is 2.45. The van der Waals surface area contributed by atoms with Gasteiger partial charge in [-0.15, -0.1) is 5.10 Å². The third kappa shape index (κ3) is 4.00. The smallest absolute Gasteiger partial charge is 0.216 e. The number of phenols is 1. The molecule has 1 N–H and O–H groups in total. The Bertz CT molecular complexity index is 1230. The minimum absolute atomic E-state index is 0.162. The minimum atomic E-state index is -1.36. The standard InChI is InChI=1S/C23H22FN5O3/c1-16-3-2-4-17(9-16)22-12-29(27-26-22)11-19-13-31-23(32-19,14-28-8-7-25-15-28)20-6-5-18(30)10-21(20)24/h2-10,12,15,19,30H,11,13-14H2,1H3/t19-,23-/m0/s1. The summed E-state index contributed by atoms with van der Waals surface area (Å²) in [7, 11) is 0. The van der Waals surface area contributed by atoms with Gasteiger partial charge in [-0.2, -0.15) is 0 Å². The quantitative estimate of drug-likeness (QED) is 0.500. The lowest BCUT2D eigenvalue weighted by molar-refractivity contribution is -0.190. The van der Waals surface area contributed by atoms with E-state index in [0.717, 1.165) is 22.9 Å². The molecule has 2 aromatic carbocycles. The molecular weight excluding hydrogens is 413 g/mol. The summed E-state index contributed by atoms with van der Waals surface area (Å²) in [6.45, 7) is 2.87. The first-order valence-electron chi connectivity index (χ1n) is 10.2. The van der Waals surface area contributed by atoms with Crippen LogP contribution in [0.15, 0.2) is 67.4 Å². The Morgan fingerprint density at radius 3 is 2.94 bits per heavy atom. The summed E-state index contributed by atoms with van der Waals surface area (Å²) in [4.78, 5) is 4.05. The van der Waals surface area contributed by atoms with Crippen LogP contribution in [0.4, 0.5) is 4.39 Å². The number of hydrogen-bond donors (Lipinski definition) is 1. The van der Waals surface area contributed by atoms with E-state index >= 15 is 0 Å². The summed E-state index contributed by atoms with van der Waals surface area (Å²) < 4.78 is 30.6. The van der Waals surface area contributed by atoms with E-state index in [1.165, 1.54) is 12.1 Å². The van der Waals surface area contributed by atoms with E-state index in [1.807, 2.05) is 37.4 Å². The third-order valence-electron chi connectivity index (χ3n) is 5.42. The molecule has 2 aromatic heterocycles. The van der Waals surface area contributed by atoms with Gasteiger partial charge in [-0.3, -0.25) is 0 Å². The molecule has 3 heterocycles. The number of ether oxygens (including phenoxy) is 2. The Balaban J connectivity index is 1.38. The van der Waals surface area contributed by atoms with Gasteiger partial charge in [0.2, 0.25) is 5.79 Å². The highest BCUT2D eigenvalue weighted by molar-refractivity contribution is 5.58. The Labute approximate surface area is 183 Å². The SMILES string of the molecule is Cc1cccc(-c2cn(C[C@H]3CO[C@](Cn4ccnc4)(c4ccc(O)cc4F)O3)nn2)c1. The molecule has 9 heteroatoms. The third-order valence-corrected chi connectivity index (χ3v) is 5.42. The number of rotatable bonds is 6. The number of benzene rings is 2. The molecule has 8 nitrogen and oxygen atoms in total. The van der Waals surface area contributed by atoms with E-state index in [2.05, 4.69) is 15.3 Å². The van der Waals surface area contributed by atoms with Gasteiger partial charge in [-0.25, -0.2) is 14.1 Å². The number of phenolic OH excluding ortho intramolecular Hbond substituents is 1. The first-order valence-corrected chi connectivity index (χ1v) is 10.2. The fourth-order valence-corrected chi connectivity index (χ4v) is 3.93. The zero-order valence-electron chi connectivity index (χ0n) is 17.4. The second kappa shape index (κ2) is 8.18. The van der Waals surface area contributed by atoms with E-state index in [0.29, 0.717) is 6.54 Å². The van der Waals surface area contributed by atoms with E-state index in [4.69, 9.17) is 9.47 Å². The minimum Gasteiger partial charge on any atom is -0.508 e. The van der Waals surface area contributed by atoms with Crippen LogP contribution in [0.3, 0.4) is 0 Å². The van der Waals surface area contributed by atoms with Crippen LogP contribution in [-0.2, 0) is 28.4 Å². The molecule has 0 bridgehead atoms. The molecule has 0 amide bonds. The number of aryl methyl sites for hydroxylation is 1. The topological polar surface area (TPSA) is 87.2 Å². The van der Waals surface area contributed by atoms with Crippen molar-refractivity contribution >= 4 is 0 Å². The lowest BCUT2D eigenvalue weighted by Gasteiger charge is -2.29. The number of aromatic hydroxyl groups is 1. The summed E-state index contributed by atoms with van der Waals surface area (Å²) in [5, 5.41) is 18.1. The van der Waals surface area contributed by atoms with Gasteiger partial charge in [-0.1, -0.05) is 29.0 Å². The van der Waals surface area contributed by atoms with Crippen molar-refractivity contribution in [2.75, 3.05) is 6.61 Å². The molecular formula is C23H22FN5O3. The van der Waals surface area contributed by atoms with Gasteiger partial charge >= 0.3 is 0 Å². The summed E-state index contributed by atoms with van der Waals surface area (Å²) in [5.74, 6) is -2.12. The predicted molar refractivity (Wildman–Crippen MR) is 113 cm³/mol. The van der Waals surface area contributed by atoms with Crippen molar-refractivity contribution < 1.29 is 19.0 Å². The normalized spacial score (nSPS) is 20.6. The number of nitrogens with zero attached hydrogens (tertiary/aromatic N) is 5. The van der Waals surface area contributed by atoms with Gasteiger partial charge in [0.25, 0.3) is 0 Å². The van der Waals surface area contributed by atoms with E-state index < -0.39 is 11.6 Å². The van der Waals surface area contributed by atoms with Crippen molar-refractivity contribution in [3.8, 4) is 17.0 Å². The van der Waals surface area contributed by atoms with Crippen LogP contribution in [0.25, 0.3) is 11.3 Å². The Kier molecular flexibility index (Phi) is 5.20. The highest BCUT2D eigenvalue weighted by Crippen LogP contribution is 2.38. The molecule has 0 spiro atoms. The Morgan fingerprint density at radius 2 is 2.16 bits per heavy atom. The number of aromatic nitrogens is 5. The molecule has 1 aliphatic heterocycles. The second-order valence-corrected chi connectivity index (χ2v) is 7.90. The van der Waals surface area contributed by atoms with Gasteiger partial charge < -0.3 is 19.1 Å². The second-order valence-electron chi connectivity index (χ2n) is 7.90. The van der Waals surface area contributed by atoms with E-state index in [-0.39, 0.29) is 30.6 Å². The molecule has 2 atom stereocenters. The van der Waals surface area contributed by atoms with Crippen LogP contribution in [0.1, 0.15) is 11.1 Å². The molecule has 1 fully saturated rings. The molecule has 5 rings (SSSR count). The first-order chi connectivity index (χ1) is 15.5. The van der Waals surface area contributed by atoms with Crippen molar-refractivity contribution in [1.29, 1.82) is 0 Å². The maximum atomic E-state index is 14.8. The average molecular weight is 435 g/mol. The van der Waals surface area contributed by atoms with Crippen LogP contribution in [0.2, 0.25) is 0 Å².